The highest BCUT2D eigenvalue weighted by Gasteiger charge is 2.25. The molecule has 0 saturated heterocycles. The van der Waals surface area contributed by atoms with Gasteiger partial charge in [-0.1, -0.05) is 36.8 Å². The fourth-order valence-electron chi connectivity index (χ4n) is 3.11. The summed E-state index contributed by atoms with van der Waals surface area (Å²) in [5, 5.41) is 9.62. The maximum Gasteiger partial charge on any atom is 0.227 e. The average Bonchev–Trinajstić information content (AvgIpc) is 2.67. The molecule has 2 aromatic carbocycles. The van der Waals surface area contributed by atoms with Crippen LogP contribution < -0.4 is 20.7 Å². The molecule has 1 saturated carbocycles. The van der Waals surface area contributed by atoms with Gasteiger partial charge >= 0.3 is 0 Å². The van der Waals surface area contributed by atoms with Crippen molar-refractivity contribution in [1.29, 1.82) is 0 Å². The zero-order valence-electron chi connectivity index (χ0n) is 16.9. The second-order valence-corrected chi connectivity index (χ2v) is 6.91. The number of benzene rings is 2. The summed E-state index contributed by atoms with van der Waals surface area (Å²) in [6.07, 6.45) is 3.16. The summed E-state index contributed by atoms with van der Waals surface area (Å²) in [4.78, 5) is 16.4. The molecular formula is C22H29IN4O2. The van der Waals surface area contributed by atoms with Gasteiger partial charge in [0, 0.05) is 37.3 Å². The van der Waals surface area contributed by atoms with Crippen LogP contribution in [0.3, 0.4) is 0 Å². The number of amides is 1. The van der Waals surface area contributed by atoms with Crippen LogP contribution in [0.5, 0.6) is 5.75 Å². The molecule has 0 heterocycles. The minimum Gasteiger partial charge on any atom is -0.496 e. The molecule has 0 bridgehead atoms. The summed E-state index contributed by atoms with van der Waals surface area (Å²) < 4.78 is 5.38. The van der Waals surface area contributed by atoms with Crippen molar-refractivity contribution in [2.75, 3.05) is 19.5 Å². The van der Waals surface area contributed by atoms with Crippen molar-refractivity contribution in [2.24, 2.45) is 10.9 Å². The van der Waals surface area contributed by atoms with Crippen molar-refractivity contribution in [3.8, 4) is 5.75 Å². The molecule has 1 aliphatic carbocycles. The minimum absolute atomic E-state index is 0. The predicted octanol–water partition coefficient (Wildman–Crippen LogP) is 3.92. The normalized spacial score (nSPS) is 13.7. The lowest BCUT2D eigenvalue weighted by Gasteiger charge is -2.24. The lowest BCUT2D eigenvalue weighted by Crippen LogP contribution is -2.36. The zero-order valence-corrected chi connectivity index (χ0v) is 19.2. The van der Waals surface area contributed by atoms with Crippen LogP contribution in [0.2, 0.25) is 0 Å². The van der Waals surface area contributed by atoms with E-state index in [4.69, 9.17) is 4.74 Å². The fourth-order valence-corrected chi connectivity index (χ4v) is 3.11. The highest BCUT2D eigenvalue weighted by Crippen LogP contribution is 2.27. The number of rotatable bonds is 7. The second kappa shape index (κ2) is 11.6. The van der Waals surface area contributed by atoms with Crippen LogP contribution in [0.15, 0.2) is 53.5 Å². The first-order valence-electron chi connectivity index (χ1n) is 9.66. The van der Waals surface area contributed by atoms with Gasteiger partial charge in [-0.05, 0) is 36.6 Å². The number of para-hydroxylation sites is 1. The molecule has 1 fully saturated rings. The van der Waals surface area contributed by atoms with E-state index in [2.05, 4.69) is 20.9 Å². The quantitative estimate of drug-likeness (QED) is 0.301. The number of halogens is 1. The molecular weight excluding hydrogens is 479 g/mol. The topological polar surface area (TPSA) is 74.8 Å². The summed E-state index contributed by atoms with van der Waals surface area (Å²) in [5.41, 5.74) is 2.98. The molecule has 0 aliphatic heterocycles. The number of ether oxygens (including phenoxy) is 1. The molecule has 0 atom stereocenters. The van der Waals surface area contributed by atoms with E-state index < -0.39 is 0 Å². The third-order valence-electron chi connectivity index (χ3n) is 4.99. The molecule has 1 amide bonds. The first-order chi connectivity index (χ1) is 13.7. The van der Waals surface area contributed by atoms with Crippen molar-refractivity contribution in [2.45, 2.75) is 32.4 Å². The summed E-state index contributed by atoms with van der Waals surface area (Å²) in [6.45, 7) is 1.22. The van der Waals surface area contributed by atoms with Crippen molar-refractivity contribution in [3.63, 3.8) is 0 Å². The zero-order chi connectivity index (χ0) is 19.8. The number of guanidine groups is 1. The number of nitrogens with one attached hydrogen (secondary N) is 3. The maximum atomic E-state index is 12.1. The molecule has 0 unspecified atom stereocenters. The number of methoxy groups -OCH3 is 1. The molecule has 1 aliphatic rings. The summed E-state index contributed by atoms with van der Waals surface area (Å²) in [7, 11) is 3.41. The standard InChI is InChI=1S/C22H28N4O2.HI/c1-23-22(25-15-18-8-3-4-12-20(18)28-2)24-14-16-7-5-11-19(13-16)26-21(27)17-9-6-10-17;/h3-5,7-8,11-13,17H,6,9-10,14-15H2,1-2H3,(H,26,27)(H2,23,24,25);1H. The maximum absolute atomic E-state index is 12.1. The van der Waals surface area contributed by atoms with E-state index in [1.807, 2.05) is 48.5 Å². The fraction of sp³-hybridized carbons (Fsp3) is 0.364. The highest BCUT2D eigenvalue weighted by molar-refractivity contribution is 14.0. The van der Waals surface area contributed by atoms with Crippen molar-refractivity contribution >= 4 is 41.5 Å². The summed E-state index contributed by atoms with van der Waals surface area (Å²) in [6, 6.07) is 15.8. The Hall–Kier alpha value is -2.29. The van der Waals surface area contributed by atoms with Gasteiger partial charge in [-0.15, -0.1) is 24.0 Å². The van der Waals surface area contributed by atoms with Crippen LogP contribution in [0.4, 0.5) is 5.69 Å². The molecule has 0 aromatic heterocycles. The Bertz CT molecular complexity index is 837. The number of carbonyl (C=O) groups is 1. The van der Waals surface area contributed by atoms with Crippen molar-refractivity contribution in [1.82, 2.24) is 10.6 Å². The second-order valence-electron chi connectivity index (χ2n) is 6.91. The summed E-state index contributed by atoms with van der Waals surface area (Å²) >= 11 is 0. The summed E-state index contributed by atoms with van der Waals surface area (Å²) in [5.74, 6) is 1.86. The Morgan fingerprint density at radius 1 is 1.10 bits per heavy atom. The monoisotopic (exact) mass is 508 g/mol. The van der Waals surface area contributed by atoms with Gasteiger partial charge in [0.25, 0.3) is 0 Å². The van der Waals surface area contributed by atoms with Crippen molar-refractivity contribution in [3.05, 3.63) is 59.7 Å². The van der Waals surface area contributed by atoms with Crippen LogP contribution in [0.1, 0.15) is 30.4 Å². The number of hydrogen-bond acceptors (Lipinski definition) is 3. The molecule has 2 aromatic rings. The average molecular weight is 508 g/mol. The van der Waals surface area contributed by atoms with Gasteiger partial charge in [0.2, 0.25) is 5.91 Å². The van der Waals surface area contributed by atoms with Crippen LogP contribution >= 0.6 is 24.0 Å². The van der Waals surface area contributed by atoms with E-state index in [1.54, 1.807) is 14.2 Å². The lowest BCUT2D eigenvalue weighted by molar-refractivity contribution is -0.122. The number of hydrogen-bond donors (Lipinski definition) is 3. The Balaban J connectivity index is 0.00000300. The predicted molar refractivity (Wildman–Crippen MR) is 128 cm³/mol. The van der Waals surface area contributed by atoms with E-state index in [1.165, 1.54) is 0 Å². The van der Waals surface area contributed by atoms with Gasteiger partial charge in [-0.2, -0.15) is 0 Å². The van der Waals surface area contributed by atoms with E-state index in [0.29, 0.717) is 19.0 Å². The first-order valence-corrected chi connectivity index (χ1v) is 9.66. The van der Waals surface area contributed by atoms with E-state index in [0.717, 1.165) is 41.8 Å². The smallest absolute Gasteiger partial charge is 0.227 e. The van der Waals surface area contributed by atoms with Gasteiger partial charge in [0.15, 0.2) is 5.96 Å². The van der Waals surface area contributed by atoms with Crippen LogP contribution in [0.25, 0.3) is 0 Å². The van der Waals surface area contributed by atoms with E-state index >= 15 is 0 Å². The highest BCUT2D eigenvalue weighted by atomic mass is 127. The molecule has 3 N–H and O–H groups in total. The third kappa shape index (κ3) is 6.62. The Morgan fingerprint density at radius 2 is 1.86 bits per heavy atom. The molecule has 29 heavy (non-hydrogen) atoms. The minimum atomic E-state index is 0. The van der Waals surface area contributed by atoms with Crippen LogP contribution in [-0.4, -0.2) is 26.0 Å². The van der Waals surface area contributed by atoms with Crippen LogP contribution in [0, 0.1) is 5.92 Å². The van der Waals surface area contributed by atoms with Gasteiger partial charge < -0.3 is 20.7 Å². The lowest BCUT2D eigenvalue weighted by atomic mass is 9.85. The number of anilines is 1. The van der Waals surface area contributed by atoms with Gasteiger partial charge in [-0.25, -0.2) is 0 Å². The third-order valence-corrected chi connectivity index (χ3v) is 4.99. The van der Waals surface area contributed by atoms with Gasteiger partial charge in [0.05, 0.1) is 7.11 Å². The molecule has 6 nitrogen and oxygen atoms in total. The molecule has 7 heteroatoms. The molecule has 0 radical (unpaired) electrons. The Morgan fingerprint density at radius 3 is 2.55 bits per heavy atom. The van der Waals surface area contributed by atoms with Crippen molar-refractivity contribution < 1.29 is 9.53 Å². The molecule has 0 spiro atoms. The number of carbonyl (C=O) groups excluding carboxylic acids is 1. The Labute approximate surface area is 189 Å². The first kappa shape index (κ1) is 23.0. The van der Waals surface area contributed by atoms with E-state index in [9.17, 15) is 4.79 Å². The van der Waals surface area contributed by atoms with Crippen LogP contribution in [-0.2, 0) is 17.9 Å². The molecule has 3 rings (SSSR count). The largest absolute Gasteiger partial charge is 0.496 e. The van der Waals surface area contributed by atoms with Gasteiger partial charge in [0.1, 0.15) is 5.75 Å². The Kier molecular flexibility index (Phi) is 9.24. The molecule has 156 valence electrons. The SMILES string of the molecule is CN=C(NCc1cccc(NC(=O)C2CCC2)c1)NCc1ccccc1OC.I. The number of nitrogens with zero attached hydrogens (tertiary/aromatic N) is 1. The van der Waals surface area contributed by atoms with E-state index in [-0.39, 0.29) is 35.8 Å². The number of aliphatic imine (C=N–C) groups is 1. The van der Waals surface area contributed by atoms with Gasteiger partial charge in [-0.3, -0.25) is 9.79 Å².